The SMILES string of the molecule is [C-]#[N+]c1ccc(N(C)C(=O)O)c(C)c1C. The molecule has 1 amide bonds. The molecule has 0 aliphatic heterocycles. The molecular weight excluding hydrogens is 192 g/mol. The van der Waals surface area contributed by atoms with E-state index in [-0.39, 0.29) is 0 Å². The predicted octanol–water partition coefficient (Wildman–Crippen LogP) is 2.97. The van der Waals surface area contributed by atoms with Gasteiger partial charge in [-0.25, -0.2) is 9.64 Å². The van der Waals surface area contributed by atoms with E-state index in [1.165, 1.54) is 7.05 Å². The van der Waals surface area contributed by atoms with Crippen LogP contribution < -0.4 is 4.90 Å². The van der Waals surface area contributed by atoms with Crippen LogP contribution in [0.15, 0.2) is 12.1 Å². The summed E-state index contributed by atoms with van der Waals surface area (Å²) >= 11 is 0. The first-order valence-corrected chi connectivity index (χ1v) is 4.43. The van der Waals surface area contributed by atoms with Crippen LogP contribution >= 0.6 is 0 Å². The summed E-state index contributed by atoms with van der Waals surface area (Å²) in [6.45, 7) is 10.6. The smallest absolute Gasteiger partial charge is 0.411 e. The molecule has 0 aliphatic carbocycles. The Bertz CT molecular complexity index is 447. The summed E-state index contributed by atoms with van der Waals surface area (Å²) in [4.78, 5) is 15.3. The molecule has 1 aromatic carbocycles. The summed E-state index contributed by atoms with van der Waals surface area (Å²) in [7, 11) is 1.49. The van der Waals surface area contributed by atoms with Crippen molar-refractivity contribution in [2.75, 3.05) is 11.9 Å². The van der Waals surface area contributed by atoms with Gasteiger partial charge in [-0.05, 0) is 31.0 Å². The summed E-state index contributed by atoms with van der Waals surface area (Å²) in [5, 5.41) is 8.84. The first-order chi connectivity index (χ1) is 6.99. The number of amides is 1. The van der Waals surface area contributed by atoms with Crippen LogP contribution in [0.25, 0.3) is 4.85 Å². The van der Waals surface area contributed by atoms with Gasteiger partial charge in [0.2, 0.25) is 0 Å². The Morgan fingerprint density at radius 1 is 1.40 bits per heavy atom. The molecule has 15 heavy (non-hydrogen) atoms. The van der Waals surface area contributed by atoms with E-state index in [9.17, 15) is 4.79 Å². The molecule has 4 heteroatoms. The summed E-state index contributed by atoms with van der Waals surface area (Å²) in [5.74, 6) is 0. The third kappa shape index (κ3) is 1.91. The molecule has 0 fully saturated rings. The van der Waals surface area contributed by atoms with Gasteiger partial charge in [-0.1, -0.05) is 6.07 Å². The number of hydrogen-bond acceptors (Lipinski definition) is 1. The Kier molecular flexibility index (Phi) is 2.96. The second-order valence-electron chi connectivity index (χ2n) is 3.31. The van der Waals surface area contributed by atoms with Gasteiger partial charge in [0.1, 0.15) is 0 Å². The van der Waals surface area contributed by atoms with E-state index in [1.807, 2.05) is 13.8 Å². The van der Waals surface area contributed by atoms with E-state index in [1.54, 1.807) is 12.1 Å². The van der Waals surface area contributed by atoms with E-state index in [0.29, 0.717) is 11.4 Å². The van der Waals surface area contributed by atoms with Crippen LogP contribution in [0.1, 0.15) is 11.1 Å². The van der Waals surface area contributed by atoms with Crippen molar-refractivity contribution in [1.29, 1.82) is 0 Å². The van der Waals surface area contributed by atoms with Crippen molar-refractivity contribution in [3.05, 3.63) is 34.7 Å². The van der Waals surface area contributed by atoms with Gasteiger partial charge >= 0.3 is 6.09 Å². The van der Waals surface area contributed by atoms with Gasteiger partial charge in [-0.2, -0.15) is 0 Å². The lowest BCUT2D eigenvalue weighted by Crippen LogP contribution is -2.24. The average Bonchev–Trinajstić information content (AvgIpc) is 2.21. The van der Waals surface area contributed by atoms with Crippen molar-refractivity contribution in [3.8, 4) is 0 Å². The second-order valence-corrected chi connectivity index (χ2v) is 3.31. The van der Waals surface area contributed by atoms with E-state index in [0.717, 1.165) is 16.0 Å². The molecule has 1 N–H and O–H groups in total. The topological polar surface area (TPSA) is 44.9 Å². The number of nitrogens with zero attached hydrogens (tertiary/aromatic N) is 2. The van der Waals surface area contributed by atoms with E-state index >= 15 is 0 Å². The van der Waals surface area contributed by atoms with Crippen LogP contribution in [-0.2, 0) is 0 Å². The second kappa shape index (κ2) is 4.01. The summed E-state index contributed by atoms with van der Waals surface area (Å²) < 4.78 is 0. The fourth-order valence-electron chi connectivity index (χ4n) is 1.38. The normalized spacial score (nSPS) is 9.47. The van der Waals surface area contributed by atoms with Gasteiger partial charge < -0.3 is 5.11 Å². The molecule has 0 saturated carbocycles. The van der Waals surface area contributed by atoms with Crippen molar-refractivity contribution in [2.24, 2.45) is 0 Å². The highest BCUT2D eigenvalue weighted by Crippen LogP contribution is 2.29. The summed E-state index contributed by atoms with van der Waals surface area (Å²) in [6, 6.07) is 3.30. The fourth-order valence-corrected chi connectivity index (χ4v) is 1.38. The van der Waals surface area contributed by atoms with Crippen LogP contribution in [0.2, 0.25) is 0 Å². The molecule has 0 aromatic heterocycles. The largest absolute Gasteiger partial charge is 0.465 e. The Hall–Kier alpha value is -2.02. The minimum absolute atomic E-state index is 0.565. The number of benzene rings is 1. The van der Waals surface area contributed by atoms with E-state index in [4.69, 9.17) is 11.7 Å². The standard InChI is InChI=1S/C11H12N2O2/c1-7-8(2)10(13(4)11(14)15)6-5-9(7)12-3/h5-6H,1-2,4H3,(H,14,15). The lowest BCUT2D eigenvalue weighted by Gasteiger charge is -2.17. The quantitative estimate of drug-likeness (QED) is 0.715. The molecule has 1 aromatic rings. The fraction of sp³-hybridized carbons (Fsp3) is 0.273. The summed E-state index contributed by atoms with van der Waals surface area (Å²) in [6.07, 6.45) is -1.01. The Balaban J connectivity index is 3.31. The zero-order valence-corrected chi connectivity index (χ0v) is 8.90. The molecule has 0 aliphatic rings. The average molecular weight is 204 g/mol. The molecule has 78 valence electrons. The maximum Gasteiger partial charge on any atom is 0.411 e. The molecule has 0 saturated heterocycles. The molecule has 0 unspecified atom stereocenters. The Labute approximate surface area is 88.6 Å². The van der Waals surface area contributed by atoms with Gasteiger partial charge in [-0.3, -0.25) is 4.90 Å². The van der Waals surface area contributed by atoms with Crippen molar-refractivity contribution >= 4 is 17.5 Å². The molecule has 1 rings (SSSR count). The van der Waals surface area contributed by atoms with Gasteiger partial charge in [0.15, 0.2) is 5.69 Å². The molecule has 0 radical (unpaired) electrons. The first-order valence-electron chi connectivity index (χ1n) is 4.43. The predicted molar refractivity (Wildman–Crippen MR) is 58.6 cm³/mol. The highest BCUT2D eigenvalue weighted by atomic mass is 16.4. The van der Waals surface area contributed by atoms with Crippen LogP contribution in [0.3, 0.4) is 0 Å². The van der Waals surface area contributed by atoms with Gasteiger partial charge in [0, 0.05) is 12.7 Å². The first kappa shape index (κ1) is 11.1. The zero-order valence-electron chi connectivity index (χ0n) is 8.90. The molecule has 4 nitrogen and oxygen atoms in total. The highest BCUT2D eigenvalue weighted by Gasteiger charge is 2.13. The van der Waals surface area contributed by atoms with Gasteiger partial charge in [0.25, 0.3) is 0 Å². The number of rotatable bonds is 1. The van der Waals surface area contributed by atoms with Crippen LogP contribution in [0.4, 0.5) is 16.2 Å². The minimum Gasteiger partial charge on any atom is -0.465 e. The van der Waals surface area contributed by atoms with E-state index in [2.05, 4.69) is 4.85 Å². The van der Waals surface area contributed by atoms with Crippen LogP contribution in [-0.4, -0.2) is 18.2 Å². The number of anilines is 1. The van der Waals surface area contributed by atoms with Gasteiger partial charge in [-0.15, -0.1) is 0 Å². The molecule has 0 atom stereocenters. The lowest BCUT2D eigenvalue weighted by atomic mass is 10.1. The monoisotopic (exact) mass is 204 g/mol. The third-order valence-corrected chi connectivity index (χ3v) is 2.50. The van der Waals surface area contributed by atoms with Crippen molar-refractivity contribution < 1.29 is 9.90 Å². The van der Waals surface area contributed by atoms with Gasteiger partial charge in [0.05, 0.1) is 6.57 Å². The van der Waals surface area contributed by atoms with Crippen molar-refractivity contribution in [3.63, 3.8) is 0 Å². The van der Waals surface area contributed by atoms with Crippen molar-refractivity contribution in [1.82, 2.24) is 0 Å². The molecular formula is C11H12N2O2. The van der Waals surface area contributed by atoms with E-state index < -0.39 is 6.09 Å². The lowest BCUT2D eigenvalue weighted by molar-refractivity contribution is 0.203. The highest BCUT2D eigenvalue weighted by molar-refractivity contribution is 5.87. The molecule has 0 spiro atoms. The Morgan fingerprint density at radius 3 is 2.47 bits per heavy atom. The summed E-state index contributed by atoms with van der Waals surface area (Å²) in [5.41, 5.74) is 2.84. The molecule has 0 bridgehead atoms. The molecule has 0 heterocycles. The number of carboxylic acid groups (broad SMARTS) is 1. The number of carbonyl (C=O) groups is 1. The van der Waals surface area contributed by atoms with Crippen molar-refractivity contribution in [2.45, 2.75) is 13.8 Å². The zero-order chi connectivity index (χ0) is 11.6. The minimum atomic E-state index is -1.01. The maximum absolute atomic E-state index is 10.8. The number of hydrogen-bond donors (Lipinski definition) is 1. The van der Waals surface area contributed by atoms with Crippen LogP contribution in [0.5, 0.6) is 0 Å². The van der Waals surface area contributed by atoms with Crippen LogP contribution in [0, 0.1) is 20.4 Å². The third-order valence-electron chi connectivity index (χ3n) is 2.50. The Morgan fingerprint density at radius 2 is 2.00 bits per heavy atom. The maximum atomic E-state index is 10.8.